The molecule has 0 spiro atoms. The van der Waals surface area contributed by atoms with Crippen LogP contribution in [-0.4, -0.2) is 64.2 Å². The Kier molecular flexibility index (Phi) is 5.66. The Morgan fingerprint density at radius 2 is 1.78 bits per heavy atom. The van der Waals surface area contributed by atoms with Gasteiger partial charge in [0.1, 0.15) is 5.82 Å². The molecule has 27 heavy (non-hydrogen) atoms. The van der Waals surface area contributed by atoms with Crippen LogP contribution in [0, 0.1) is 0 Å². The first kappa shape index (κ1) is 18.3. The average Bonchev–Trinajstić information content (AvgIpc) is 2.62. The number of aromatic amines is 1. The second kappa shape index (κ2) is 8.33. The smallest absolute Gasteiger partial charge is 0.251 e. The van der Waals surface area contributed by atoms with Gasteiger partial charge in [-0.3, -0.25) is 14.6 Å². The molecule has 2 aromatic rings. The van der Waals surface area contributed by atoms with Crippen LogP contribution in [0.25, 0.3) is 11.4 Å². The van der Waals surface area contributed by atoms with E-state index in [9.17, 15) is 4.79 Å². The number of benzene rings is 1. The third-order valence-electron chi connectivity index (χ3n) is 5.80. The molecule has 2 N–H and O–H groups in total. The van der Waals surface area contributed by atoms with E-state index < -0.39 is 0 Å². The fraction of sp³-hybridized carbons (Fsp3) is 0.524. The van der Waals surface area contributed by atoms with Crippen LogP contribution in [0.15, 0.2) is 35.1 Å². The minimum atomic E-state index is -0.0632. The molecule has 0 bridgehead atoms. The maximum Gasteiger partial charge on any atom is 0.251 e. The zero-order valence-corrected chi connectivity index (χ0v) is 15.7. The Labute approximate surface area is 159 Å². The summed E-state index contributed by atoms with van der Waals surface area (Å²) >= 11 is 0. The summed E-state index contributed by atoms with van der Waals surface area (Å²) in [7, 11) is 0. The molecule has 0 amide bonds. The Balaban J connectivity index is 1.41. The second-order valence-corrected chi connectivity index (χ2v) is 7.69. The molecule has 2 aliphatic rings. The predicted molar refractivity (Wildman–Crippen MR) is 106 cm³/mol. The predicted octanol–water partition coefficient (Wildman–Crippen LogP) is 1.81. The molecule has 4 rings (SSSR count). The molecule has 1 aliphatic carbocycles. The lowest BCUT2D eigenvalue weighted by Crippen LogP contribution is -2.46. The number of β-amino-alcohol motifs (C(OH)–C–C–N with tert-alkyl or cyclic N) is 1. The summed E-state index contributed by atoms with van der Waals surface area (Å²) in [6, 6.07) is 10.0. The van der Waals surface area contributed by atoms with Crippen molar-refractivity contribution in [1.29, 1.82) is 0 Å². The highest BCUT2D eigenvalue weighted by atomic mass is 16.3. The summed E-state index contributed by atoms with van der Waals surface area (Å²) < 4.78 is 0. The van der Waals surface area contributed by atoms with Crippen molar-refractivity contribution in [2.24, 2.45) is 0 Å². The Morgan fingerprint density at radius 1 is 1.07 bits per heavy atom. The molecule has 144 valence electrons. The second-order valence-electron chi connectivity index (χ2n) is 7.69. The van der Waals surface area contributed by atoms with E-state index in [0.717, 1.165) is 63.4 Å². The summed E-state index contributed by atoms with van der Waals surface area (Å²) in [5, 5.41) is 9.04. The Morgan fingerprint density at radius 3 is 2.41 bits per heavy atom. The van der Waals surface area contributed by atoms with Gasteiger partial charge in [0, 0.05) is 56.8 Å². The number of rotatable bonds is 6. The van der Waals surface area contributed by atoms with Crippen molar-refractivity contribution >= 4 is 0 Å². The van der Waals surface area contributed by atoms with Gasteiger partial charge in [-0.25, -0.2) is 4.98 Å². The number of aliphatic hydroxyl groups is 1. The molecule has 6 heteroatoms. The van der Waals surface area contributed by atoms with Gasteiger partial charge in [-0.15, -0.1) is 0 Å². The van der Waals surface area contributed by atoms with Gasteiger partial charge in [0.25, 0.3) is 5.56 Å². The van der Waals surface area contributed by atoms with Gasteiger partial charge in [0.15, 0.2) is 0 Å². The molecule has 0 radical (unpaired) electrons. The maximum atomic E-state index is 12.0. The van der Waals surface area contributed by atoms with Crippen LogP contribution in [-0.2, 0) is 6.54 Å². The summed E-state index contributed by atoms with van der Waals surface area (Å²) in [5.41, 5.74) is 3.10. The van der Waals surface area contributed by atoms with Crippen molar-refractivity contribution in [1.82, 2.24) is 19.8 Å². The fourth-order valence-corrected chi connectivity index (χ4v) is 3.86. The summed E-state index contributed by atoms with van der Waals surface area (Å²) in [4.78, 5) is 24.3. The van der Waals surface area contributed by atoms with Gasteiger partial charge in [-0.2, -0.15) is 0 Å². The van der Waals surface area contributed by atoms with Gasteiger partial charge >= 0.3 is 0 Å². The van der Waals surface area contributed by atoms with E-state index in [-0.39, 0.29) is 12.2 Å². The molecular formula is C21H28N4O2. The van der Waals surface area contributed by atoms with Crippen molar-refractivity contribution in [3.63, 3.8) is 0 Å². The van der Waals surface area contributed by atoms with Crippen LogP contribution in [0.5, 0.6) is 0 Å². The van der Waals surface area contributed by atoms with Crippen LogP contribution in [0.3, 0.4) is 0 Å². The quantitative estimate of drug-likeness (QED) is 0.814. The molecule has 2 heterocycles. The van der Waals surface area contributed by atoms with Gasteiger partial charge in [0.2, 0.25) is 0 Å². The zero-order chi connectivity index (χ0) is 18.6. The molecule has 1 saturated carbocycles. The number of hydrogen-bond acceptors (Lipinski definition) is 5. The van der Waals surface area contributed by atoms with E-state index in [1.165, 1.54) is 12.0 Å². The molecule has 6 nitrogen and oxygen atoms in total. The first-order chi connectivity index (χ1) is 13.2. The monoisotopic (exact) mass is 368 g/mol. The van der Waals surface area contributed by atoms with Crippen molar-refractivity contribution < 1.29 is 5.11 Å². The van der Waals surface area contributed by atoms with Crippen LogP contribution in [0.4, 0.5) is 0 Å². The van der Waals surface area contributed by atoms with E-state index in [4.69, 9.17) is 10.1 Å². The van der Waals surface area contributed by atoms with Crippen molar-refractivity contribution in [3.8, 4) is 11.4 Å². The SMILES string of the molecule is O=c1cc(C2CCC2)nc(-c2ccc(CN3CCN(CCO)CC3)cc2)[nH]1. The van der Waals surface area contributed by atoms with E-state index in [1.54, 1.807) is 6.07 Å². The molecule has 0 unspecified atom stereocenters. The normalized spacial score (nSPS) is 19.1. The average molecular weight is 368 g/mol. The number of nitrogens with zero attached hydrogens (tertiary/aromatic N) is 3. The number of nitrogens with one attached hydrogen (secondary N) is 1. The lowest BCUT2D eigenvalue weighted by molar-refractivity contribution is 0.108. The minimum absolute atomic E-state index is 0.0632. The number of hydrogen-bond donors (Lipinski definition) is 2. The molecular weight excluding hydrogens is 340 g/mol. The number of aromatic nitrogens is 2. The maximum absolute atomic E-state index is 12.0. The van der Waals surface area contributed by atoms with Crippen LogP contribution in [0.2, 0.25) is 0 Å². The van der Waals surface area contributed by atoms with E-state index in [1.807, 2.05) is 0 Å². The minimum Gasteiger partial charge on any atom is -0.395 e. The number of piperazine rings is 1. The molecule has 2 fully saturated rings. The number of H-pyrrole nitrogens is 1. The van der Waals surface area contributed by atoms with Crippen molar-refractivity contribution in [2.45, 2.75) is 31.7 Å². The standard InChI is InChI=1S/C21H28N4O2/c26-13-12-24-8-10-25(11-9-24)15-16-4-6-18(7-5-16)21-22-19(14-20(27)23-21)17-2-1-3-17/h4-7,14,17,26H,1-3,8-13,15H2,(H,22,23,27). The Hall–Kier alpha value is -2.02. The lowest BCUT2D eigenvalue weighted by atomic mass is 9.83. The highest BCUT2D eigenvalue weighted by Crippen LogP contribution is 2.35. The molecule has 1 saturated heterocycles. The lowest BCUT2D eigenvalue weighted by Gasteiger charge is -2.34. The van der Waals surface area contributed by atoms with Crippen LogP contribution < -0.4 is 5.56 Å². The summed E-state index contributed by atoms with van der Waals surface area (Å²) in [6.07, 6.45) is 3.51. The van der Waals surface area contributed by atoms with E-state index >= 15 is 0 Å². The summed E-state index contributed by atoms with van der Waals surface area (Å²) in [6.45, 7) is 6.02. The van der Waals surface area contributed by atoms with E-state index in [2.05, 4.69) is 39.0 Å². The highest BCUT2D eigenvalue weighted by molar-refractivity contribution is 5.55. The first-order valence-electron chi connectivity index (χ1n) is 9.97. The van der Waals surface area contributed by atoms with E-state index in [0.29, 0.717) is 11.7 Å². The van der Waals surface area contributed by atoms with Gasteiger partial charge in [-0.1, -0.05) is 30.7 Å². The largest absolute Gasteiger partial charge is 0.395 e. The molecule has 1 aromatic carbocycles. The van der Waals surface area contributed by atoms with Crippen LogP contribution >= 0.6 is 0 Å². The Bertz CT molecular complexity index is 806. The van der Waals surface area contributed by atoms with Crippen molar-refractivity contribution in [2.75, 3.05) is 39.3 Å². The summed E-state index contributed by atoms with van der Waals surface area (Å²) in [5.74, 6) is 1.13. The highest BCUT2D eigenvalue weighted by Gasteiger charge is 2.22. The molecule has 0 atom stereocenters. The van der Waals surface area contributed by atoms with Gasteiger partial charge in [-0.05, 0) is 18.4 Å². The number of aliphatic hydroxyl groups excluding tert-OH is 1. The topological polar surface area (TPSA) is 72.5 Å². The fourth-order valence-electron chi connectivity index (χ4n) is 3.86. The van der Waals surface area contributed by atoms with Crippen LogP contribution in [0.1, 0.15) is 36.4 Å². The third-order valence-corrected chi connectivity index (χ3v) is 5.80. The van der Waals surface area contributed by atoms with Gasteiger partial charge < -0.3 is 10.1 Å². The first-order valence-corrected chi connectivity index (χ1v) is 9.97. The zero-order valence-electron chi connectivity index (χ0n) is 15.7. The molecule has 1 aliphatic heterocycles. The van der Waals surface area contributed by atoms with Gasteiger partial charge in [0.05, 0.1) is 12.3 Å². The molecule has 1 aromatic heterocycles. The van der Waals surface area contributed by atoms with Crippen molar-refractivity contribution in [3.05, 3.63) is 51.9 Å². The third kappa shape index (κ3) is 4.46.